The Morgan fingerprint density at radius 3 is 2.58 bits per heavy atom. The summed E-state index contributed by atoms with van der Waals surface area (Å²) in [7, 11) is 0. The summed E-state index contributed by atoms with van der Waals surface area (Å²) in [6.07, 6.45) is 2.12. The fraction of sp³-hybridized carbons (Fsp3) is 0.526. The van der Waals surface area contributed by atoms with Crippen molar-refractivity contribution in [1.29, 1.82) is 0 Å². The highest BCUT2D eigenvalue weighted by atomic mass is 32.1. The van der Waals surface area contributed by atoms with Crippen molar-refractivity contribution in [1.82, 2.24) is 10.3 Å². The van der Waals surface area contributed by atoms with Crippen molar-refractivity contribution in [2.75, 3.05) is 18.5 Å². The van der Waals surface area contributed by atoms with Gasteiger partial charge < -0.3 is 15.4 Å². The van der Waals surface area contributed by atoms with E-state index in [9.17, 15) is 0 Å². The third-order valence-corrected chi connectivity index (χ3v) is 4.31. The van der Waals surface area contributed by atoms with E-state index in [0.29, 0.717) is 12.0 Å². The van der Waals surface area contributed by atoms with Crippen molar-refractivity contribution >= 4 is 22.2 Å². The predicted octanol–water partition coefficient (Wildman–Crippen LogP) is 4.85. The summed E-state index contributed by atoms with van der Waals surface area (Å²) in [5.41, 5.74) is 2.17. The number of rotatable bonds is 10. The second kappa shape index (κ2) is 9.64. The Morgan fingerprint density at radius 1 is 1.17 bits per heavy atom. The molecular weight excluding hydrogens is 318 g/mol. The highest BCUT2D eigenvalue weighted by Crippen LogP contribution is 2.23. The molecule has 0 aliphatic rings. The smallest absolute Gasteiger partial charge is 0.187 e. The number of benzene rings is 1. The summed E-state index contributed by atoms with van der Waals surface area (Å²) >= 11 is 1.65. The minimum Gasteiger partial charge on any atom is -0.493 e. The van der Waals surface area contributed by atoms with Crippen molar-refractivity contribution in [2.24, 2.45) is 5.92 Å². The van der Waals surface area contributed by atoms with Gasteiger partial charge >= 0.3 is 0 Å². The first-order chi connectivity index (χ1) is 11.6. The quantitative estimate of drug-likeness (QED) is 0.645. The Kier molecular flexibility index (Phi) is 7.53. The van der Waals surface area contributed by atoms with Gasteiger partial charge in [-0.25, -0.2) is 4.98 Å². The Morgan fingerprint density at radius 2 is 1.92 bits per heavy atom. The molecule has 0 aliphatic carbocycles. The molecule has 0 saturated heterocycles. The van der Waals surface area contributed by atoms with E-state index in [4.69, 9.17) is 4.74 Å². The lowest BCUT2D eigenvalue weighted by Gasteiger charge is -2.11. The zero-order chi connectivity index (χ0) is 17.4. The summed E-state index contributed by atoms with van der Waals surface area (Å²) in [5, 5.41) is 9.93. The molecule has 0 bridgehead atoms. The van der Waals surface area contributed by atoms with E-state index in [1.165, 1.54) is 0 Å². The van der Waals surface area contributed by atoms with Crippen LogP contribution in [0.5, 0.6) is 5.75 Å². The topological polar surface area (TPSA) is 46.2 Å². The SMILES string of the molecule is CCCNC(C)Cc1csc(Nc2ccc(OCC(C)C)cc2)n1. The molecule has 4 nitrogen and oxygen atoms in total. The molecule has 0 aliphatic heterocycles. The first-order valence-electron chi connectivity index (χ1n) is 8.74. The molecule has 2 aromatic rings. The number of hydrogen-bond donors (Lipinski definition) is 2. The van der Waals surface area contributed by atoms with E-state index in [0.717, 1.165) is 48.3 Å². The molecule has 0 fully saturated rings. The molecule has 1 atom stereocenters. The normalized spacial score (nSPS) is 12.4. The standard InChI is InChI=1S/C19H29N3OS/c1-5-10-20-15(4)11-17-13-24-19(22-17)21-16-6-8-18(9-7-16)23-12-14(2)3/h6-9,13-15,20H,5,10-12H2,1-4H3,(H,21,22). The molecule has 1 aromatic carbocycles. The van der Waals surface area contributed by atoms with E-state index in [1.54, 1.807) is 11.3 Å². The van der Waals surface area contributed by atoms with Crippen LogP contribution in [0.4, 0.5) is 10.8 Å². The molecular formula is C19H29N3OS. The molecule has 0 saturated carbocycles. The molecule has 2 rings (SSSR count). The van der Waals surface area contributed by atoms with Crippen molar-refractivity contribution in [3.63, 3.8) is 0 Å². The molecule has 1 unspecified atom stereocenters. The largest absolute Gasteiger partial charge is 0.493 e. The number of thiazole rings is 1. The maximum absolute atomic E-state index is 5.70. The number of ether oxygens (including phenoxy) is 1. The van der Waals surface area contributed by atoms with Gasteiger partial charge in [-0.05, 0) is 50.1 Å². The van der Waals surface area contributed by atoms with Crippen LogP contribution in [-0.4, -0.2) is 24.2 Å². The van der Waals surface area contributed by atoms with Gasteiger partial charge in [0.15, 0.2) is 5.13 Å². The van der Waals surface area contributed by atoms with Gasteiger partial charge in [0.2, 0.25) is 0 Å². The number of aromatic nitrogens is 1. The second-order valence-corrected chi connectivity index (χ2v) is 7.42. The first kappa shape index (κ1) is 18.7. The number of hydrogen-bond acceptors (Lipinski definition) is 5. The monoisotopic (exact) mass is 347 g/mol. The van der Waals surface area contributed by atoms with Crippen LogP contribution in [0.2, 0.25) is 0 Å². The van der Waals surface area contributed by atoms with Gasteiger partial charge in [0.05, 0.1) is 12.3 Å². The fourth-order valence-corrected chi connectivity index (χ4v) is 3.00. The second-order valence-electron chi connectivity index (χ2n) is 6.56. The van der Waals surface area contributed by atoms with Gasteiger partial charge in [0.1, 0.15) is 5.75 Å². The molecule has 5 heteroatoms. The number of nitrogens with zero attached hydrogens (tertiary/aromatic N) is 1. The van der Waals surface area contributed by atoms with Crippen LogP contribution in [0, 0.1) is 5.92 Å². The lowest BCUT2D eigenvalue weighted by molar-refractivity contribution is 0.271. The number of anilines is 2. The van der Waals surface area contributed by atoms with Gasteiger partial charge in [-0.15, -0.1) is 11.3 Å². The van der Waals surface area contributed by atoms with Crippen molar-refractivity contribution < 1.29 is 4.74 Å². The summed E-state index contributed by atoms with van der Waals surface area (Å²) in [6, 6.07) is 8.51. The Bertz CT molecular complexity index is 595. The molecule has 24 heavy (non-hydrogen) atoms. The maximum atomic E-state index is 5.70. The molecule has 1 aromatic heterocycles. The van der Waals surface area contributed by atoms with Crippen molar-refractivity contribution in [3.05, 3.63) is 35.3 Å². The lowest BCUT2D eigenvalue weighted by atomic mass is 10.2. The first-order valence-corrected chi connectivity index (χ1v) is 9.62. The Labute approximate surface area is 149 Å². The van der Waals surface area contributed by atoms with E-state index < -0.39 is 0 Å². The maximum Gasteiger partial charge on any atom is 0.187 e. The van der Waals surface area contributed by atoms with Crippen LogP contribution in [0.25, 0.3) is 0 Å². The van der Waals surface area contributed by atoms with Gasteiger partial charge in [-0.1, -0.05) is 20.8 Å². The molecule has 0 radical (unpaired) electrons. The zero-order valence-corrected chi connectivity index (χ0v) is 16.0. The molecule has 132 valence electrons. The predicted molar refractivity (Wildman–Crippen MR) is 104 cm³/mol. The Hall–Kier alpha value is -1.59. The fourth-order valence-electron chi connectivity index (χ4n) is 2.26. The lowest BCUT2D eigenvalue weighted by Crippen LogP contribution is -2.28. The van der Waals surface area contributed by atoms with Gasteiger partial charge in [0, 0.05) is 23.5 Å². The van der Waals surface area contributed by atoms with Crippen LogP contribution in [0.3, 0.4) is 0 Å². The van der Waals surface area contributed by atoms with Crippen LogP contribution in [0.1, 0.15) is 39.8 Å². The van der Waals surface area contributed by atoms with Crippen LogP contribution in [0.15, 0.2) is 29.6 Å². The molecule has 1 heterocycles. The highest BCUT2D eigenvalue weighted by molar-refractivity contribution is 7.13. The van der Waals surface area contributed by atoms with Crippen LogP contribution >= 0.6 is 11.3 Å². The van der Waals surface area contributed by atoms with Crippen LogP contribution in [-0.2, 0) is 6.42 Å². The molecule has 0 amide bonds. The average Bonchev–Trinajstić information content (AvgIpc) is 2.99. The van der Waals surface area contributed by atoms with E-state index >= 15 is 0 Å². The summed E-state index contributed by atoms with van der Waals surface area (Å²) in [4.78, 5) is 4.67. The van der Waals surface area contributed by atoms with Crippen molar-refractivity contribution in [3.8, 4) is 5.75 Å². The number of nitrogens with one attached hydrogen (secondary N) is 2. The summed E-state index contributed by atoms with van der Waals surface area (Å²) < 4.78 is 5.70. The average molecular weight is 348 g/mol. The minimum atomic E-state index is 0.456. The third-order valence-electron chi connectivity index (χ3n) is 3.50. The van der Waals surface area contributed by atoms with Gasteiger partial charge in [-0.2, -0.15) is 0 Å². The zero-order valence-electron chi connectivity index (χ0n) is 15.1. The minimum absolute atomic E-state index is 0.456. The highest BCUT2D eigenvalue weighted by Gasteiger charge is 2.07. The third kappa shape index (κ3) is 6.49. The summed E-state index contributed by atoms with van der Waals surface area (Å²) in [6.45, 7) is 10.5. The van der Waals surface area contributed by atoms with Crippen molar-refractivity contribution in [2.45, 2.75) is 46.6 Å². The van der Waals surface area contributed by atoms with E-state index in [-0.39, 0.29) is 0 Å². The van der Waals surface area contributed by atoms with Crippen LogP contribution < -0.4 is 15.4 Å². The molecule has 2 N–H and O–H groups in total. The van der Waals surface area contributed by atoms with E-state index in [1.807, 2.05) is 24.3 Å². The van der Waals surface area contributed by atoms with Gasteiger partial charge in [0.25, 0.3) is 0 Å². The molecule has 0 spiro atoms. The summed E-state index contributed by atoms with van der Waals surface area (Å²) in [5.74, 6) is 1.44. The van der Waals surface area contributed by atoms with E-state index in [2.05, 4.69) is 48.7 Å². The van der Waals surface area contributed by atoms with Gasteiger partial charge in [-0.3, -0.25) is 0 Å². The Balaban J connectivity index is 1.85.